The summed E-state index contributed by atoms with van der Waals surface area (Å²) in [4.78, 5) is 17.0. The summed E-state index contributed by atoms with van der Waals surface area (Å²) in [6, 6.07) is 16.0. The Morgan fingerprint density at radius 2 is 1.94 bits per heavy atom. The predicted octanol–water partition coefficient (Wildman–Crippen LogP) is 4.13. The Morgan fingerprint density at radius 1 is 1.12 bits per heavy atom. The van der Waals surface area contributed by atoms with Gasteiger partial charge in [-0.05, 0) is 56.4 Å². The Bertz CT molecular complexity index is 1040. The van der Waals surface area contributed by atoms with Gasteiger partial charge in [0.15, 0.2) is 11.5 Å². The number of nitrogens with one attached hydrogen (secondary N) is 1. The molecule has 2 heterocycles. The molecule has 1 aromatic heterocycles. The summed E-state index contributed by atoms with van der Waals surface area (Å²) in [5, 5.41) is 3.01. The molecule has 176 valence electrons. The number of carbonyl (C=O) groups is 1. The lowest BCUT2D eigenvalue weighted by molar-refractivity contribution is -0.130. The number of aryl methyl sites for hydroxylation is 2. The van der Waals surface area contributed by atoms with Crippen LogP contribution in [0.4, 0.5) is 0 Å². The number of ether oxygens (including phenoxy) is 3. The van der Waals surface area contributed by atoms with Gasteiger partial charge in [0, 0.05) is 26.1 Å². The Morgan fingerprint density at radius 3 is 2.76 bits per heavy atom. The third-order valence-corrected chi connectivity index (χ3v) is 5.93. The van der Waals surface area contributed by atoms with E-state index in [0.29, 0.717) is 19.8 Å². The first-order valence-corrected chi connectivity index (χ1v) is 11.9. The number of aromatic nitrogens is 2. The third kappa shape index (κ3) is 6.05. The number of hydrogen-bond donors (Lipinski definition) is 1. The molecule has 0 aliphatic carbocycles. The fourth-order valence-corrected chi connectivity index (χ4v) is 4.21. The van der Waals surface area contributed by atoms with Crippen molar-refractivity contribution in [2.75, 3.05) is 26.9 Å². The van der Waals surface area contributed by atoms with Gasteiger partial charge in [-0.15, -0.1) is 0 Å². The second kappa shape index (κ2) is 11.7. The SMILES string of the molecule is COc1ccccc1OCCCCn1c(CCCNC(=O)C2CCCO2)nc2ccccc21. The Balaban J connectivity index is 1.28. The van der Waals surface area contributed by atoms with Crippen LogP contribution in [0.5, 0.6) is 11.5 Å². The molecule has 0 saturated carbocycles. The molecule has 0 radical (unpaired) electrons. The van der Waals surface area contributed by atoms with Gasteiger partial charge in [-0.3, -0.25) is 4.79 Å². The van der Waals surface area contributed by atoms with E-state index in [-0.39, 0.29) is 12.0 Å². The summed E-state index contributed by atoms with van der Waals surface area (Å²) >= 11 is 0. The molecule has 0 spiro atoms. The maximum atomic E-state index is 12.1. The lowest BCUT2D eigenvalue weighted by Crippen LogP contribution is -2.34. The zero-order chi connectivity index (χ0) is 22.9. The van der Waals surface area contributed by atoms with Gasteiger partial charge in [0.25, 0.3) is 0 Å². The average Bonchev–Trinajstić information content (AvgIpc) is 3.50. The minimum atomic E-state index is -0.271. The van der Waals surface area contributed by atoms with Crippen molar-refractivity contribution in [2.45, 2.75) is 51.2 Å². The van der Waals surface area contributed by atoms with Crippen molar-refractivity contribution in [3.63, 3.8) is 0 Å². The summed E-state index contributed by atoms with van der Waals surface area (Å²) in [6.45, 7) is 2.84. The van der Waals surface area contributed by atoms with Crippen LogP contribution in [0, 0.1) is 0 Å². The number of imidazole rings is 1. The van der Waals surface area contributed by atoms with Crippen LogP contribution in [0.15, 0.2) is 48.5 Å². The van der Waals surface area contributed by atoms with Crippen molar-refractivity contribution in [3.8, 4) is 11.5 Å². The van der Waals surface area contributed by atoms with Crippen LogP contribution in [0.2, 0.25) is 0 Å². The number of para-hydroxylation sites is 4. The van der Waals surface area contributed by atoms with Crippen molar-refractivity contribution < 1.29 is 19.0 Å². The van der Waals surface area contributed by atoms with Crippen molar-refractivity contribution in [1.82, 2.24) is 14.9 Å². The number of nitrogens with zero attached hydrogens (tertiary/aromatic N) is 2. The lowest BCUT2D eigenvalue weighted by Gasteiger charge is -2.12. The molecule has 1 aliphatic rings. The Labute approximate surface area is 195 Å². The number of amides is 1. The van der Waals surface area contributed by atoms with Crippen molar-refractivity contribution in [2.24, 2.45) is 0 Å². The summed E-state index contributed by atoms with van der Waals surface area (Å²) in [7, 11) is 1.65. The van der Waals surface area contributed by atoms with E-state index < -0.39 is 0 Å². The number of unbranched alkanes of at least 4 members (excludes halogenated alkanes) is 1. The van der Waals surface area contributed by atoms with Crippen LogP contribution >= 0.6 is 0 Å². The topological polar surface area (TPSA) is 74.6 Å². The number of hydrogen-bond acceptors (Lipinski definition) is 5. The van der Waals surface area contributed by atoms with E-state index in [4.69, 9.17) is 19.2 Å². The Hall–Kier alpha value is -3.06. The maximum absolute atomic E-state index is 12.1. The number of methoxy groups -OCH3 is 1. The first kappa shape index (κ1) is 23.1. The molecular weight excluding hydrogens is 418 g/mol. The highest BCUT2D eigenvalue weighted by Crippen LogP contribution is 2.26. The van der Waals surface area contributed by atoms with Gasteiger partial charge in [-0.1, -0.05) is 24.3 Å². The first-order valence-electron chi connectivity index (χ1n) is 11.9. The van der Waals surface area contributed by atoms with E-state index in [2.05, 4.69) is 28.1 Å². The number of rotatable bonds is 12. The minimum Gasteiger partial charge on any atom is -0.493 e. The van der Waals surface area contributed by atoms with Crippen LogP contribution < -0.4 is 14.8 Å². The smallest absolute Gasteiger partial charge is 0.249 e. The zero-order valence-electron chi connectivity index (χ0n) is 19.3. The van der Waals surface area contributed by atoms with Gasteiger partial charge in [0.05, 0.1) is 24.8 Å². The van der Waals surface area contributed by atoms with E-state index in [1.165, 1.54) is 0 Å². The third-order valence-electron chi connectivity index (χ3n) is 5.93. The van der Waals surface area contributed by atoms with Crippen LogP contribution in [-0.4, -0.2) is 48.4 Å². The van der Waals surface area contributed by atoms with Gasteiger partial charge in [0.2, 0.25) is 5.91 Å². The largest absolute Gasteiger partial charge is 0.493 e. The maximum Gasteiger partial charge on any atom is 0.249 e. The predicted molar refractivity (Wildman–Crippen MR) is 128 cm³/mol. The molecule has 1 fully saturated rings. The minimum absolute atomic E-state index is 0.0102. The van der Waals surface area contributed by atoms with Gasteiger partial charge in [0.1, 0.15) is 11.9 Å². The normalized spacial score (nSPS) is 15.6. The molecule has 2 aromatic carbocycles. The van der Waals surface area contributed by atoms with E-state index in [0.717, 1.165) is 73.4 Å². The molecule has 1 atom stereocenters. The Kier molecular flexibility index (Phi) is 8.19. The number of fused-ring (bicyclic) bond motifs is 1. The average molecular weight is 452 g/mol. The quantitative estimate of drug-likeness (QED) is 0.419. The highest BCUT2D eigenvalue weighted by molar-refractivity contribution is 5.80. The highest BCUT2D eigenvalue weighted by atomic mass is 16.5. The fourth-order valence-electron chi connectivity index (χ4n) is 4.21. The summed E-state index contributed by atoms with van der Waals surface area (Å²) < 4.78 is 19.0. The van der Waals surface area contributed by atoms with Crippen LogP contribution in [0.3, 0.4) is 0 Å². The molecule has 1 aliphatic heterocycles. The number of benzene rings is 2. The second-order valence-corrected chi connectivity index (χ2v) is 8.27. The van der Waals surface area contributed by atoms with E-state index in [1.54, 1.807) is 7.11 Å². The van der Waals surface area contributed by atoms with Crippen molar-refractivity contribution in [1.29, 1.82) is 0 Å². The summed E-state index contributed by atoms with van der Waals surface area (Å²) in [5.74, 6) is 2.61. The van der Waals surface area contributed by atoms with Crippen molar-refractivity contribution in [3.05, 3.63) is 54.4 Å². The molecule has 33 heavy (non-hydrogen) atoms. The van der Waals surface area contributed by atoms with Crippen molar-refractivity contribution >= 4 is 16.9 Å². The standard InChI is InChI=1S/C26H33N3O4/c1-31-22-12-4-5-13-23(22)32-18-7-6-17-29-21-11-3-2-10-20(21)28-25(29)15-8-16-27-26(30)24-14-9-19-33-24/h2-5,10-13,24H,6-9,14-19H2,1H3,(H,27,30). The molecule has 1 N–H and O–H groups in total. The van der Waals surface area contributed by atoms with Crippen LogP contribution in [0.1, 0.15) is 37.9 Å². The molecule has 4 rings (SSSR count). The van der Waals surface area contributed by atoms with Gasteiger partial charge in [-0.2, -0.15) is 0 Å². The fraction of sp³-hybridized carbons (Fsp3) is 0.462. The molecule has 3 aromatic rings. The summed E-state index contributed by atoms with van der Waals surface area (Å²) in [6.07, 6.45) is 5.10. The zero-order valence-corrected chi connectivity index (χ0v) is 19.3. The molecule has 1 amide bonds. The summed E-state index contributed by atoms with van der Waals surface area (Å²) in [5.41, 5.74) is 2.17. The molecular formula is C26H33N3O4. The van der Waals surface area contributed by atoms with Gasteiger partial charge in [-0.25, -0.2) is 4.98 Å². The molecule has 1 unspecified atom stereocenters. The second-order valence-electron chi connectivity index (χ2n) is 8.27. The monoisotopic (exact) mass is 451 g/mol. The van der Waals surface area contributed by atoms with E-state index >= 15 is 0 Å². The number of carbonyl (C=O) groups excluding carboxylic acids is 1. The van der Waals surface area contributed by atoms with Crippen LogP contribution in [0.25, 0.3) is 11.0 Å². The lowest BCUT2D eigenvalue weighted by atomic mass is 10.2. The van der Waals surface area contributed by atoms with Gasteiger partial charge >= 0.3 is 0 Å². The highest BCUT2D eigenvalue weighted by Gasteiger charge is 2.22. The molecule has 1 saturated heterocycles. The first-order chi connectivity index (χ1) is 16.3. The van der Waals surface area contributed by atoms with E-state index in [9.17, 15) is 4.79 Å². The van der Waals surface area contributed by atoms with E-state index in [1.807, 2.05) is 30.3 Å². The van der Waals surface area contributed by atoms with Crippen LogP contribution in [-0.2, 0) is 22.5 Å². The molecule has 0 bridgehead atoms. The van der Waals surface area contributed by atoms with Gasteiger partial charge < -0.3 is 24.1 Å². The molecule has 7 heteroatoms. The molecule has 7 nitrogen and oxygen atoms in total.